The Hall–Kier alpha value is -3.34. The highest BCUT2D eigenvalue weighted by atomic mass is 35.5. The molecule has 0 saturated carbocycles. The summed E-state index contributed by atoms with van der Waals surface area (Å²) in [5.74, 6) is -3.37. The first-order valence-corrected chi connectivity index (χ1v) is 12.8. The van der Waals surface area contributed by atoms with Crippen LogP contribution < -0.4 is 4.74 Å². The molecule has 0 spiro atoms. The first kappa shape index (κ1) is 30.1. The molecule has 0 radical (unpaired) electrons. The van der Waals surface area contributed by atoms with Gasteiger partial charge in [0.25, 0.3) is 0 Å². The van der Waals surface area contributed by atoms with E-state index in [9.17, 15) is 37.3 Å². The van der Waals surface area contributed by atoms with Gasteiger partial charge in [-0.25, -0.2) is 18.4 Å². The van der Waals surface area contributed by atoms with Crippen LogP contribution in [0.3, 0.4) is 0 Å². The van der Waals surface area contributed by atoms with Gasteiger partial charge >= 0.3 is 6.36 Å². The zero-order valence-corrected chi connectivity index (χ0v) is 22.7. The minimum absolute atomic E-state index is 0.0280. The van der Waals surface area contributed by atoms with Gasteiger partial charge in [0, 0.05) is 22.3 Å². The van der Waals surface area contributed by atoms with Gasteiger partial charge in [-0.1, -0.05) is 23.2 Å². The number of aliphatic hydroxyl groups is 3. The van der Waals surface area contributed by atoms with Crippen molar-refractivity contribution in [2.45, 2.75) is 43.7 Å². The van der Waals surface area contributed by atoms with Gasteiger partial charge in [0.15, 0.2) is 23.2 Å². The summed E-state index contributed by atoms with van der Waals surface area (Å²) in [6, 6.07) is 4.26. The van der Waals surface area contributed by atoms with Crippen LogP contribution in [0.25, 0.3) is 16.8 Å². The molecule has 5 rings (SSSR count). The van der Waals surface area contributed by atoms with Crippen molar-refractivity contribution in [1.82, 2.24) is 24.5 Å². The molecule has 5 atom stereocenters. The number of nitrogens with zero attached hydrogens (tertiary/aromatic N) is 5. The number of hydrogen-bond acceptors (Lipinski definition) is 8. The quantitative estimate of drug-likeness (QED) is 0.211. The van der Waals surface area contributed by atoms with E-state index < -0.39 is 65.8 Å². The molecule has 1 fully saturated rings. The van der Waals surface area contributed by atoms with Crippen molar-refractivity contribution in [1.29, 1.82) is 0 Å². The lowest BCUT2D eigenvalue weighted by atomic mass is 9.92. The van der Waals surface area contributed by atoms with Crippen LogP contribution in [-0.4, -0.2) is 71.1 Å². The number of alkyl halides is 3. The summed E-state index contributed by atoms with van der Waals surface area (Å²) in [4.78, 5) is 4.22. The lowest BCUT2D eigenvalue weighted by molar-refractivity contribution is -0.274. The highest BCUT2D eigenvalue weighted by Crippen LogP contribution is 2.40. The summed E-state index contributed by atoms with van der Waals surface area (Å²) in [5, 5.41) is 40.2. The third kappa shape index (κ3) is 5.67. The van der Waals surface area contributed by atoms with E-state index in [1.165, 1.54) is 25.3 Å². The molecule has 0 amide bonds. The van der Waals surface area contributed by atoms with Gasteiger partial charge < -0.3 is 24.8 Å². The highest BCUT2D eigenvalue weighted by Gasteiger charge is 2.48. The molecule has 2 aromatic carbocycles. The molecule has 224 valence electrons. The highest BCUT2D eigenvalue weighted by molar-refractivity contribution is 6.31. The topological polar surface area (TPSA) is 128 Å². The zero-order chi connectivity index (χ0) is 30.5. The van der Waals surface area contributed by atoms with Crippen LogP contribution in [0.1, 0.15) is 23.8 Å². The third-order valence-corrected chi connectivity index (χ3v) is 7.04. The Bertz CT molecular complexity index is 1620. The van der Waals surface area contributed by atoms with E-state index in [1.807, 2.05) is 0 Å². The fourth-order valence-corrected chi connectivity index (χ4v) is 4.99. The number of aliphatic hydroxyl groups excluding tert-OH is 3. The molecule has 3 N–H and O–H groups in total. The van der Waals surface area contributed by atoms with Crippen LogP contribution in [0, 0.1) is 18.6 Å². The van der Waals surface area contributed by atoms with E-state index in [4.69, 9.17) is 27.9 Å². The minimum atomic E-state index is -5.07. The molecule has 3 heterocycles. The molecule has 0 bridgehead atoms. The second-order valence-corrected chi connectivity index (χ2v) is 10.1. The number of ether oxygens (including phenoxy) is 2. The maximum Gasteiger partial charge on any atom is 0.573 e. The second kappa shape index (κ2) is 11.4. The van der Waals surface area contributed by atoms with E-state index in [-0.39, 0.29) is 33.5 Å². The van der Waals surface area contributed by atoms with Gasteiger partial charge in [-0.05, 0) is 37.3 Å². The maximum absolute atomic E-state index is 14.6. The number of aryl methyl sites for hydroxylation is 1. The number of benzene rings is 2. The molecule has 17 heteroatoms. The molecule has 10 nitrogen and oxygen atoms in total. The summed E-state index contributed by atoms with van der Waals surface area (Å²) in [7, 11) is 0. The van der Waals surface area contributed by atoms with Gasteiger partial charge in [0.1, 0.15) is 42.0 Å². The van der Waals surface area contributed by atoms with Crippen LogP contribution in [0.4, 0.5) is 22.0 Å². The maximum atomic E-state index is 14.6. The predicted octanol–water partition coefficient (Wildman–Crippen LogP) is 4.32. The lowest BCUT2D eigenvalue weighted by Gasteiger charge is -2.41. The standard InChI is InChI=1S/C25H20Cl2F5N5O5/c1-10-34-24(37(35-10)15-6-12(26)2-5-16(15)42-25(30,31)32)23-22(40)20(21(39)17(9-38)41-23)36-8-11(7-33-36)13-3-4-14(27)19(29)18(13)28/h2-8,17,20-23,38-40H,9H2,1H3/t17-,20+,21+,22-,23-/m1/s1. The van der Waals surface area contributed by atoms with Crippen LogP contribution in [0.2, 0.25) is 10.0 Å². The normalized spacial score (nSPS) is 22.9. The van der Waals surface area contributed by atoms with Crippen molar-refractivity contribution < 1.29 is 46.7 Å². The summed E-state index contributed by atoms with van der Waals surface area (Å²) in [6.07, 6.45) is -8.85. The smallest absolute Gasteiger partial charge is 0.403 e. The van der Waals surface area contributed by atoms with Crippen molar-refractivity contribution in [3.8, 4) is 22.6 Å². The molecule has 0 aliphatic carbocycles. The van der Waals surface area contributed by atoms with Crippen molar-refractivity contribution in [3.63, 3.8) is 0 Å². The van der Waals surface area contributed by atoms with Crippen LogP contribution in [0.5, 0.6) is 5.75 Å². The van der Waals surface area contributed by atoms with Crippen molar-refractivity contribution in [2.75, 3.05) is 6.61 Å². The van der Waals surface area contributed by atoms with E-state index in [1.54, 1.807) is 0 Å². The second-order valence-electron chi connectivity index (χ2n) is 9.27. The van der Waals surface area contributed by atoms with Gasteiger partial charge in [-0.3, -0.25) is 4.68 Å². The van der Waals surface area contributed by atoms with Crippen LogP contribution >= 0.6 is 23.2 Å². The van der Waals surface area contributed by atoms with Gasteiger partial charge in [-0.15, -0.1) is 13.2 Å². The number of hydrogen-bond donors (Lipinski definition) is 3. The molecular formula is C25H20Cl2F5N5O5. The van der Waals surface area contributed by atoms with Crippen molar-refractivity contribution >= 4 is 23.2 Å². The number of halogens is 7. The minimum Gasteiger partial charge on any atom is -0.403 e. The largest absolute Gasteiger partial charge is 0.573 e. The number of aromatic nitrogens is 5. The average molecular weight is 636 g/mol. The third-order valence-electron chi connectivity index (χ3n) is 6.51. The van der Waals surface area contributed by atoms with E-state index >= 15 is 0 Å². The average Bonchev–Trinajstić information content (AvgIpc) is 3.55. The molecule has 0 unspecified atom stereocenters. The fraction of sp³-hybridized carbons (Fsp3) is 0.320. The Morgan fingerprint density at radius 3 is 2.50 bits per heavy atom. The summed E-state index contributed by atoms with van der Waals surface area (Å²) in [5.41, 5.74) is -0.433. The van der Waals surface area contributed by atoms with Crippen LogP contribution in [-0.2, 0) is 4.74 Å². The zero-order valence-electron chi connectivity index (χ0n) is 21.2. The van der Waals surface area contributed by atoms with E-state index in [0.717, 1.165) is 33.8 Å². The SMILES string of the molecule is Cc1nc([C@@H]2O[C@H](CO)[C@H](O)[C@H](n3cc(-c4ccc(Cl)c(F)c4F)cn3)[C@H]2O)n(-c2cc(Cl)ccc2OC(F)(F)F)n1. The molecule has 1 saturated heterocycles. The summed E-state index contributed by atoms with van der Waals surface area (Å²) in [6.45, 7) is 0.679. The van der Waals surface area contributed by atoms with Gasteiger partial charge in [-0.2, -0.15) is 10.2 Å². The van der Waals surface area contributed by atoms with Crippen molar-refractivity contribution in [3.05, 3.63) is 76.1 Å². The number of rotatable bonds is 6. The first-order valence-electron chi connectivity index (χ1n) is 12.1. The molecule has 1 aliphatic rings. The first-order chi connectivity index (χ1) is 19.8. The molecule has 4 aromatic rings. The Balaban J connectivity index is 1.57. The Kier molecular flexibility index (Phi) is 8.17. The Morgan fingerprint density at radius 1 is 1.07 bits per heavy atom. The Labute approximate surface area is 243 Å². The summed E-state index contributed by atoms with van der Waals surface area (Å²) < 4.78 is 80.0. The molecular weight excluding hydrogens is 616 g/mol. The molecule has 42 heavy (non-hydrogen) atoms. The molecule has 1 aliphatic heterocycles. The van der Waals surface area contributed by atoms with E-state index in [0.29, 0.717) is 0 Å². The van der Waals surface area contributed by atoms with Crippen LogP contribution in [0.15, 0.2) is 42.7 Å². The fourth-order valence-electron chi connectivity index (χ4n) is 4.68. The monoisotopic (exact) mass is 635 g/mol. The summed E-state index contributed by atoms with van der Waals surface area (Å²) >= 11 is 11.7. The van der Waals surface area contributed by atoms with E-state index in [2.05, 4.69) is 19.9 Å². The lowest BCUT2D eigenvalue weighted by Crippen LogP contribution is -2.53. The van der Waals surface area contributed by atoms with Gasteiger partial charge in [0.05, 0.1) is 17.8 Å². The predicted molar refractivity (Wildman–Crippen MR) is 136 cm³/mol. The van der Waals surface area contributed by atoms with Gasteiger partial charge in [0.2, 0.25) is 0 Å². The molecule has 2 aromatic heterocycles. The Morgan fingerprint density at radius 2 is 1.81 bits per heavy atom. The van der Waals surface area contributed by atoms with Crippen molar-refractivity contribution in [2.24, 2.45) is 0 Å².